The molecule has 0 heterocycles. The summed E-state index contributed by atoms with van der Waals surface area (Å²) in [5, 5.41) is 10.5. The van der Waals surface area contributed by atoms with Gasteiger partial charge in [-0.15, -0.1) is 0 Å². The van der Waals surface area contributed by atoms with Gasteiger partial charge in [0.15, 0.2) is 0 Å². The van der Waals surface area contributed by atoms with E-state index in [4.69, 9.17) is 0 Å². The molecule has 0 unspecified atom stereocenters. The molecule has 0 amide bonds. The zero-order valence-corrected chi connectivity index (χ0v) is 9.63. The van der Waals surface area contributed by atoms with E-state index in [1.54, 1.807) is 12.1 Å². The maximum Gasteiger partial charge on any atom is 0.0796 e. The van der Waals surface area contributed by atoms with Crippen molar-refractivity contribution in [3.63, 3.8) is 0 Å². The lowest BCUT2D eigenvalue weighted by Gasteiger charge is -2.04. The van der Waals surface area contributed by atoms with Gasteiger partial charge in [0, 0.05) is 4.48 Å². The lowest BCUT2D eigenvalue weighted by atomic mass is 10.2. The average molecular weight is 305 g/mol. The largest absolute Gasteiger partial charge is 0.544 e. The van der Waals surface area contributed by atoms with Crippen molar-refractivity contribution in [2.24, 2.45) is 0 Å². The van der Waals surface area contributed by atoms with Crippen molar-refractivity contribution in [1.82, 2.24) is 0 Å². The molecule has 2 nitrogen and oxygen atoms in total. The van der Waals surface area contributed by atoms with Crippen molar-refractivity contribution < 1.29 is 9.90 Å². The molecule has 4 heteroatoms. The molecule has 0 aliphatic carbocycles. The smallest absolute Gasteiger partial charge is 0.0796 e. The Kier molecular flexibility index (Phi) is 3.69. The minimum absolute atomic E-state index is 0.0127. The highest BCUT2D eigenvalue weighted by Gasteiger charge is 2.03. The molecular weight excluding hydrogens is 300 g/mol. The van der Waals surface area contributed by atoms with E-state index in [1.807, 2.05) is 18.2 Å². The molecule has 1 aromatic rings. The number of aliphatic carboxylic acids is 1. The van der Waals surface area contributed by atoms with E-state index in [-0.39, 0.29) is 4.48 Å². The molecule has 1 rings (SSSR count). The van der Waals surface area contributed by atoms with Gasteiger partial charge >= 0.3 is 0 Å². The third-order valence-electron chi connectivity index (χ3n) is 1.40. The Bertz CT molecular complexity index is 344. The molecule has 0 aliphatic rings. The third kappa shape index (κ3) is 2.67. The molecule has 0 bridgehead atoms. The van der Waals surface area contributed by atoms with Crippen molar-refractivity contribution in [2.75, 3.05) is 0 Å². The Balaban J connectivity index is 3.11. The van der Waals surface area contributed by atoms with Gasteiger partial charge in [-0.3, -0.25) is 0 Å². The van der Waals surface area contributed by atoms with Gasteiger partial charge in [0.05, 0.1) is 10.5 Å². The molecular formula is C9H5Br2O2-. The van der Waals surface area contributed by atoms with E-state index in [0.29, 0.717) is 4.48 Å². The van der Waals surface area contributed by atoms with Crippen LogP contribution in [0.5, 0.6) is 0 Å². The summed E-state index contributed by atoms with van der Waals surface area (Å²) in [4.78, 5) is 10.5. The topological polar surface area (TPSA) is 40.1 Å². The first-order valence-corrected chi connectivity index (χ1v) is 5.03. The summed E-state index contributed by atoms with van der Waals surface area (Å²) in [6.07, 6.45) is 0. The van der Waals surface area contributed by atoms with Crippen molar-refractivity contribution in [3.05, 3.63) is 40.4 Å². The van der Waals surface area contributed by atoms with E-state index >= 15 is 0 Å². The number of carbonyl (C=O) groups excluding carboxylic acids is 1. The first-order chi connectivity index (χ1) is 6.13. The molecule has 0 saturated heterocycles. The molecule has 0 aliphatic heterocycles. The fourth-order valence-electron chi connectivity index (χ4n) is 0.801. The van der Waals surface area contributed by atoms with Crippen LogP contribution in [0, 0.1) is 0 Å². The summed E-state index contributed by atoms with van der Waals surface area (Å²) in [7, 11) is 0. The standard InChI is InChI=1S/C9H6Br2O2/c10-7(8(11)9(12)13)6-4-2-1-3-5-6/h1-5H,(H,12,13)/p-1/b8-7-. The number of carboxylic acids is 1. The highest BCUT2D eigenvalue weighted by molar-refractivity contribution is 9.16. The lowest BCUT2D eigenvalue weighted by Crippen LogP contribution is -2.22. The molecule has 0 saturated carbocycles. The fraction of sp³-hybridized carbons (Fsp3) is 0. The zero-order chi connectivity index (χ0) is 9.84. The second-order valence-electron chi connectivity index (χ2n) is 2.28. The summed E-state index contributed by atoms with van der Waals surface area (Å²) >= 11 is 6.08. The maximum absolute atomic E-state index is 10.5. The highest BCUT2D eigenvalue weighted by Crippen LogP contribution is 2.27. The molecule has 0 radical (unpaired) electrons. The first-order valence-electron chi connectivity index (χ1n) is 3.45. The average Bonchev–Trinajstić information content (AvgIpc) is 2.17. The SMILES string of the molecule is O=C([O-])/C(Br)=C(/Br)c1ccccc1. The van der Waals surface area contributed by atoms with Crippen LogP contribution in [-0.4, -0.2) is 5.97 Å². The lowest BCUT2D eigenvalue weighted by molar-refractivity contribution is -0.297. The minimum atomic E-state index is -1.24. The van der Waals surface area contributed by atoms with Gasteiger partial charge in [-0.2, -0.15) is 0 Å². The second kappa shape index (κ2) is 4.58. The van der Waals surface area contributed by atoms with Crippen LogP contribution in [0.25, 0.3) is 4.48 Å². The van der Waals surface area contributed by atoms with Gasteiger partial charge in [0.2, 0.25) is 0 Å². The van der Waals surface area contributed by atoms with E-state index in [9.17, 15) is 9.90 Å². The number of halogens is 2. The molecule has 1 aromatic carbocycles. The Morgan fingerprint density at radius 1 is 1.15 bits per heavy atom. The number of hydrogen-bond donors (Lipinski definition) is 0. The summed E-state index contributed by atoms with van der Waals surface area (Å²) in [5.41, 5.74) is 0.790. The molecule has 0 aromatic heterocycles. The van der Waals surface area contributed by atoms with E-state index in [0.717, 1.165) is 5.56 Å². The molecule has 13 heavy (non-hydrogen) atoms. The third-order valence-corrected chi connectivity index (χ3v) is 3.51. The molecule has 0 atom stereocenters. The van der Waals surface area contributed by atoms with E-state index < -0.39 is 5.97 Å². The first kappa shape index (κ1) is 10.5. The number of hydrogen-bond acceptors (Lipinski definition) is 2. The summed E-state index contributed by atoms with van der Waals surface area (Å²) < 4.78 is 0.492. The highest BCUT2D eigenvalue weighted by atomic mass is 79.9. The van der Waals surface area contributed by atoms with E-state index in [1.165, 1.54) is 0 Å². The predicted octanol–water partition coefficient (Wildman–Crippen LogP) is 1.89. The molecule has 0 fully saturated rings. The Morgan fingerprint density at radius 2 is 1.69 bits per heavy atom. The molecule has 0 spiro atoms. The van der Waals surface area contributed by atoms with Gasteiger partial charge in [-0.05, 0) is 37.4 Å². The molecule has 68 valence electrons. The number of carbonyl (C=O) groups is 1. The van der Waals surface area contributed by atoms with Crippen LogP contribution in [0.15, 0.2) is 34.8 Å². The monoisotopic (exact) mass is 303 g/mol. The predicted molar refractivity (Wildman–Crippen MR) is 56.2 cm³/mol. The van der Waals surface area contributed by atoms with Gasteiger partial charge in [0.25, 0.3) is 0 Å². The summed E-state index contributed by atoms with van der Waals surface area (Å²) in [6.45, 7) is 0. The van der Waals surface area contributed by atoms with Gasteiger partial charge < -0.3 is 9.90 Å². The second-order valence-corrected chi connectivity index (χ2v) is 3.87. The van der Waals surface area contributed by atoms with Crippen LogP contribution < -0.4 is 5.11 Å². The van der Waals surface area contributed by atoms with Crippen LogP contribution in [0.2, 0.25) is 0 Å². The van der Waals surface area contributed by atoms with Gasteiger partial charge in [-0.1, -0.05) is 30.3 Å². The van der Waals surface area contributed by atoms with E-state index in [2.05, 4.69) is 31.9 Å². The number of rotatable bonds is 2. The van der Waals surface area contributed by atoms with Crippen molar-refractivity contribution in [3.8, 4) is 0 Å². The molecule has 0 N–H and O–H groups in total. The number of benzene rings is 1. The summed E-state index contributed by atoms with van der Waals surface area (Å²) in [5.74, 6) is -1.24. The van der Waals surface area contributed by atoms with Gasteiger partial charge in [-0.25, -0.2) is 0 Å². The fourth-order valence-corrected chi connectivity index (χ4v) is 1.46. The van der Waals surface area contributed by atoms with Crippen LogP contribution in [0.1, 0.15) is 5.56 Å². The Morgan fingerprint density at radius 3 is 2.15 bits per heavy atom. The van der Waals surface area contributed by atoms with Crippen molar-refractivity contribution in [1.29, 1.82) is 0 Å². The van der Waals surface area contributed by atoms with Gasteiger partial charge in [0.1, 0.15) is 0 Å². The number of carboxylic acid groups (broad SMARTS) is 1. The van der Waals surface area contributed by atoms with Crippen LogP contribution in [-0.2, 0) is 4.79 Å². The van der Waals surface area contributed by atoms with Crippen LogP contribution in [0.3, 0.4) is 0 Å². The quantitative estimate of drug-likeness (QED) is 0.783. The van der Waals surface area contributed by atoms with Crippen molar-refractivity contribution in [2.45, 2.75) is 0 Å². The normalized spacial score (nSPS) is 12.2. The van der Waals surface area contributed by atoms with Crippen LogP contribution >= 0.6 is 31.9 Å². The summed E-state index contributed by atoms with van der Waals surface area (Å²) in [6, 6.07) is 9.11. The minimum Gasteiger partial charge on any atom is -0.544 e. The Hall–Kier alpha value is -0.610. The maximum atomic E-state index is 10.5. The van der Waals surface area contributed by atoms with Crippen molar-refractivity contribution >= 4 is 42.3 Å². The Labute approximate surface area is 92.5 Å². The zero-order valence-electron chi connectivity index (χ0n) is 6.46. The van der Waals surface area contributed by atoms with Crippen LogP contribution in [0.4, 0.5) is 0 Å².